The molecule has 5 rings (SSSR count). The zero-order valence-corrected chi connectivity index (χ0v) is 35.7. The molecule has 1 aliphatic heterocycles. The number of benzene rings is 3. The molecule has 1 saturated heterocycles. The quantitative estimate of drug-likeness (QED) is 0.0764. The van der Waals surface area contributed by atoms with Crippen LogP contribution < -0.4 is 21.7 Å². The van der Waals surface area contributed by atoms with E-state index < -0.39 is 41.2 Å². The molecular weight excluding hydrogens is 759 g/mol. The number of aliphatic hydroxyl groups excluding tert-OH is 1. The lowest BCUT2D eigenvalue weighted by Gasteiger charge is -2.38. The number of anilines is 1. The molecule has 1 aromatic heterocycles. The number of rotatable bonds is 18. The minimum atomic E-state index is -1.10. The minimum absolute atomic E-state index is 0.0961. The molecule has 6 N–H and O–H groups in total. The van der Waals surface area contributed by atoms with Gasteiger partial charge in [0.1, 0.15) is 6.04 Å². The number of amides is 5. The van der Waals surface area contributed by atoms with E-state index >= 15 is 0 Å². The van der Waals surface area contributed by atoms with E-state index in [0.29, 0.717) is 38.2 Å². The van der Waals surface area contributed by atoms with Crippen LogP contribution in [0.15, 0.2) is 103 Å². The van der Waals surface area contributed by atoms with Gasteiger partial charge in [-0.2, -0.15) is 0 Å². The minimum Gasteiger partial charge on any atom is -0.453 e. The van der Waals surface area contributed by atoms with Crippen LogP contribution in [0.2, 0.25) is 0 Å². The van der Waals surface area contributed by atoms with Crippen LogP contribution in [-0.4, -0.2) is 94.8 Å². The Labute approximate surface area is 354 Å². The van der Waals surface area contributed by atoms with Gasteiger partial charge in [0.25, 0.3) is 0 Å². The predicted octanol–water partition coefficient (Wildman–Crippen LogP) is 5.96. The first-order chi connectivity index (χ1) is 28.5. The molecule has 13 nitrogen and oxygen atoms in total. The van der Waals surface area contributed by atoms with Crippen LogP contribution >= 0.6 is 0 Å². The van der Waals surface area contributed by atoms with E-state index in [1.165, 1.54) is 7.11 Å². The number of carbonyl (C=O) groups is 4. The third-order valence-corrected chi connectivity index (χ3v) is 10.8. The van der Waals surface area contributed by atoms with Crippen molar-refractivity contribution < 1.29 is 29.0 Å². The van der Waals surface area contributed by atoms with Crippen molar-refractivity contribution in [3.05, 3.63) is 120 Å². The Bertz CT molecular complexity index is 2020. The van der Waals surface area contributed by atoms with Crippen LogP contribution in [-0.2, 0) is 33.7 Å². The molecule has 13 heteroatoms. The third-order valence-electron chi connectivity index (χ3n) is 10.8. The summed E-state index contributed by atoms with van der Waals surface area (Å²) >= 11 is 0. The highest BCUT2D eigenvalue weighted by Gasteiger charge is 2.44. The van der Waals surface area contributed by atoms with E-state index in [4.69, 9.17) is 10.5 Å². The Morgan fingerprint density at radius 2 is 1.48 bits per heavy atom. The van der Waals surface area contributed by atoms with Crippen LogP contribution in [0.5, 0.6) is 0 Å². The maximum atomic E-state index is 14.6. The van der Waals surface area contributed by atoms with E-state index in [9.17, 15) is 24.3 Å². The van der Waals surface area contributed by atoms with Crippen molar-refractivity contribution in [3.63, 3.8) is 0 Å². The van der Waals surface area contributed by atoms with Crippen LogP contribution in [0.3, 0.4) is 0 Å². The molecule has 0 bridgehead atoms. The zero-order valence-electron chi connectivity index (χ0n) is 35.7. The van der Waals surface area contributed by atoms with Crippen molar-refractivity contribution in [2.24, 2.45) is 10.8 Å². The largest absolute Gasteiger partial charge is 0.453 e. The number of pyridine rings is 1. The van der Waals surface area contributed by atoms with E-state index in [-0.39, 0.29) is 37.2 Å². The second-order valence-electron chi connectivity index (χ2n) is 17.6. The van der Waals surface area contributed by atoms with Gasteiger partial charge in [0.2, 0.25) is 11.8 Å². The van der Waals surface area contributed by atoms with Gasteiger partial charge in [-0.25, -0.2) is 9.59 Å². The molecule has 0 aliphatic carbocycles. The predicted molar refractivity (Wildman–Crippen MR) is 233 cm³/mol. The zero-order chi connectivity index (χ0) is 43.5. The fourth-order valence-electron chi connectivity index (χ4n) is 7.68. The van der Waals surface area contributed by atoms with Crippen LogP contribution in [0.4, 0.5) is 15.3 Å². The molecule has 5 amide bonds. The van der Waals surface area contributed by atoms with Gasteiger partial charge < -0.3 is 41.3 Å². The van der Waals surface area contributed by atoms with Gasteiger partial charge in [-0.3, -0.25) is 14.6 Å². The molecule has 4 aromatic rings. The van der Waals surface area contributed by atoms with Gasteiger partial charge in [-0.05, 0) is 71.0 Å². The summed E-state index contributed by atoms with van der Waals surface area (Å²) in [5, 5.41) is 21.2. The Morgan fingerprint density at radius 1 is 0.833 bits per heavy atom. The van der Waals surface area contributed by atoms with E-state index in [1.807, 2.05) is 120 Å². The molecule has 60 heavy (non-hydrogen) atoms. The summed E-state index contributed by atoms with van der Waals surface area (Å²) in [5.74, 6) is -0.614. The molecule has 4 atom stereocenters. The van der Waals surface area contributed by atoms with Crippen molar-refractivity contribution in [3.8, 4) is 11.3 Å². The fraction of sp³-hybridized carbons (Fsp3) is 0.426. The number of aromatic nitrogens is 1. The number of nitrogens with two attached hydrogens (primary N) is 1. The number of hydrogen-bond donors (Lipinski definition) is 5. The van der Waals surface area contributed by atoms with Gasteiger partial charge in [-0.15, -0.1) is 0 Å². The summed E-state index contributed by atoms with van der Waals surface area (Å²) in [7, 11) is 1.29. The highest BCUT2D eigenvalue weighted by Crippen LogP contribution is 2.29. The highest BCUT2D eigenvalue weighted by atomic mass is 16.5. The fourth-order valence-corrected chi connectivity index (χ4v) is 7.68. The summed E-state index contributed by atoms with van der Waals surface area (Å²) < 4.78 is 4.71. The average Bonchev–Trinajstić information content (AvgIpc) is 3.55. The van der Waals surface area contributed by atoms with E-state index in [2.05, 4.69) is 20.9 Å². The summed E-state index contributed by atoms with van der Waals surface area (Å²) in [6.45, 7) is 11.0. The van der Waals surface area contributed by atoms with Crippen molar-refractivity contribution >= 4 is 29.6 Å². The first-order valence-electron chi connectivity index (χ1n) is 20.5. The smallest absolute Gasteiger partial charge is 0.406 e. The number of methoxy groups -OCH3 is 1. The summed E-state index contributed by atoms with van der Waals surface area (Å²) in [4.78, 5) is 61.8. The molecule has 4 unspecified atom stereocenters. The highest BCUT2D eigenvalue weighted by molar-refractivity contribution is 5.89. The molecule has 320 valence electrons. The Morgan fingerprint density at radius 3 is 2.12 bits per heavy atom. The normalized spacial score (nSPS) is 15.2. The molecule has 1 aliphatic rings. The van der Waals surface area contributed by atoms with Crippen molar-refractivity contribution in [2.75, 3.05) is 32.5 Å². The Kier molecular flexibility index (Phi) is 15.3. The summed E-state index contributed by atoms with van der Waals surface area (Å²) in [6, 6.07) is 28.3. The number of hydrogen-bond acceptors (Lipinski definition) is 8. The Hall–Kier alpha value is -5.95. The van der Waals surface area contributed by atoms with Gasteiger partial charge in [-0.1, -0.05) is 107 Å². The van der Waals surface area contributed by atoms with Crippen LogP contribution in [0.25, 0.3) is 11.3 Å². The number of nitrogen functional groups attached to an aromatic ring is 1. The maximum absolute atomic E-state index is 14.6. The van der Waals surface area contributed by atoms with Gasteiger partial charge in [0, 0.05) is 56.1 Å². The number of aliphatic hydroxyl groups is 1. The molecule has 3 aromatic carbocycles. The first-order valence-corrected chi connectivity index (χ1v) is 20.5. The maximum Gasteiger partial charge on any atom is 0.406 e. The number of urea groups is 1. The number of alkyl carbamates (subject to hydrolysis) is 1. The SMILES string of the molecule is COC(=O)NCC(C)(C)CC(=O)NC(Cc1ccc(-c2ccccn2)cc1)CC(O)C(Cc1ccccc1)NC(=O)C(N1CCN(Cc2ccc(N)cc2)C1=O)C(C)(C)C. The lowest BCUT2D eigenvalue weighted by atomic mass is 9.84. The topological polar surface area (TPSA) is 179 Å². The molecule has 0 spiro atoms. The lowest BCUT2D eigenvalue weighted by Crippen LogP contribution is -2.58. The van der Waals surface area contributed by atoms with E-state index in [1.54, 1.807) is 28.1 Å². The molecular formula is C47H61N7O6. The van der Waals surface area contributed by atoms with Crippen molar-refractivity contribution in [2.45, 2.75) is 91.1 Å². The van der Waals surface area contributed by atoms with Crippen molar-refractivity contribution in [1.82, 2.24) is 30.7 Å². The summed E-state index contributed by atoms with van der Waals surface area (Å²) in [5.41, 5.74) is 9.84. The van der Waals surface area contributed by atoms with Gasteiger partial charge >= 0.3 is 12.1 Å². The third kappa shape index (κ3) is 13.0. The second kappa shape index (κ2) is 20.3. The standard InChI is InChI=1S/C47H61N7O6/c1-46(2,3)42(54-25-24-53(45(54)59)30-34-17-21-36(48)22-18-34)43(57)52-39(27-32-12-8-7-9-13-32)40(55)28-37(51-41(56)29-47(4,5)31-50-44(58)60-6)26-33-15-19-35(20-16-33)38-14-10-11-23-49-38/h7-23,37,39-40,42,55H,24-31,48H2,1-6H3,(H,50,58)(H,51,56)(H,52,57). The lowest BCUT2D eigenvalue weighted by molar-refractivity contribution is -0.130. The van der Waals surface area contributed by atoms with E-state index in [0.717, 1.165) is 27.9 Å². The monoisotopic (exact) mass is 819 g/mol. The molecule has 0 saturated carbocycles. The van der Waals surface area contributed by atoms with Crippen LogP contribution in [0.1, 0.15) is 64.2 Å². The van der Waals surface area contributed by atoms with Gasteiger partial charge in [0.15, 0.2) is 0 Å². The second-order valence-corrected chi connectivity index (χ2v) is 17.6. The number of nitrogens with one attached hydrogen (secondary N) is 3. The average molecular weight is 820 g/mol. The van der Waals surface area contributed by atoms with Crippen molar-refractivity contribution in [1.29, 1.82) is 0 Å². The van der Waals surface area contributed by atoms with Crippen LogP contribution in [0, 0.1) is 10.8 Å². The number of ether oxygens (including phenoxy) is 1. The Balaban J connectivity index is 1.37. The first kappa shape index (κ1) is 45.1. The number of nitrogens with zero attached hydrogens (tertiary/aromatic N) is 3. The molecule has 1 fully saturated rings. The summed E-state index contributed by atoms with van der Waals surface area (Å²) in [6.07, 6.45) is 0.987. The number of carbonyl (C=O) groups excluding carboxylic acids is 4. The molecule has 0 radical (unpaired) electrons. The molecule has 2 heterocycles. The van der Waals surface area contributed by atoms with Gasteiger partial charge in [0.05, 0.1) is 24.9 Å².